The van der Waals surface area contributed by atoms with Gasteiger partial charge in [-0.1, -0.05) is 51.9 Å². The third-order valence-corrected chi connectivity index (χ3v) is 6.58. The molecule has 0 heterocycles. The van der Waals surface area contributed by atoms with Gasteiger partial charge < -0.3 is 15.2 Å². The van der Waals surface area contributed by atoms with Crippen molar-refractivity contribution in [2.75, 3.05) is 13.2 Å². The first-order valence-electron chi connectivity index (χ1n) is 11.9. The van der Waals surface area contributed by atoms with Gasteiger partial charge in [-0.05, 0) is 55.1 Å². The van der Waals surface area contributed by atoms with Gasteiger partial charge in [-0.3, -0.25) is 9.59 Å². The van der Waals surface area contributed by atoms with Crippen LogP contribution in [0.2, 0.25) is 0 Å². The summed E-state index contributed by atoms with van der Waals surface area (Å²) in [7, 11) is 0. The number of carbonyl (C=O) groups is 2. The number of aliphatic carboxylic acids is 1. The van der Waals surface area contributed by atoms with Gasteiger partial charge in [0.2, 0.25) is 0 Å². The number of carboxylic acid groups (broad SMARTS) is 1. The largest absolute Gasteiger partial charge is 0.493 e. The standard InChI is InChI=1S/C21H28FNO4.C4H8/c1-2-3-13-4-5-14(8-13)12-27-19-10-18(22)17(9-16(19)15-6-7-15)21(26)23-11-20(24)25;1-2-4-3-1/h9-10,13-15H,2-8,11-12H2,1H3,(H,23,26)(H,24,25);1-4H2. The highest BCUT2D eigenvalue weighted by Gasteiger charge is 2.30. The first-order chi connectivity index (χ1) is 15.0. The molecule has 0 aliphatic heterocycles. The molecule has 172 valence electrons. The molecule has 4 rings (SSSR count). The van der Waals surface area contributed by atoms with Crippen LogP contribution in [0.1, 0.15) is 99.4 Å². The van der Waals surface area contributed by atoms with Crippen molar-refractivity contribution < 1.29 is 23.8 Å². The molecule has 3 aliphatic rings. The van der Waals surface area contributed by atoms with Crippen LogP contribution in [0.25, 0.3) is 0 Å². The van der Waals surface area contributed by atoms with Crippen LogP contribution in [-0.4, -0.2) is 30.1 Å². The minimum absolute atomic E-state index is 0.116. The first kappa shape index (κ1) is 23.6. The highest BCUT2D eigenvalue weighted by Crippen LogP contribution is 2.45. The maximum absolute atomic E-state index is 14.5. The summed E-state index contributed by atoms with van der Waals surface area (Å²) in [5.74, 6) is -0.427. The summed E-state index contributed by atoms with van der Waals surface area (Å²) in [6.45, 7) is 2.27. The van der Waals surface area contributed by atoms with E-state index in [4.69, 9.17) is 9.84 Å². The lowest BCUT2D eigenvalue weighted by Crippen LogP contribution is -2.30. The third kappa shape index (κ3) is 7.22. The molecule has 1 aromatic rings. The average molecular weight is 434 g/mol. The average Bonchev–Trinajstić information content (AvgIpc) is 3.43. The van der Waals surface area contributed by atoms with Crippen molar-refractivity contribution in [2.45, 2.75) is 83.5 Å². The van der Waals surface area contributed by atoms with Crippen molar-refractivity contribution in [1.29, 1.82) is 0 Å². The Hall–Kier alpha value is -2.11. The molecule has 3 fully saturated rings. The van der Waals surface area contributed by atoms with Gasteiger partial charge in [-0.2, -0.15) is 0 Å². The Labute approximate surface area is 184 Å². The fourth-order valence-electron chi connectivity index (χ4n) is 4.29. The Bertz CT molecular complexity index is 754. The summed E-state index contributed by atoms with van der Waals surface area (Å²) in [6, 6.07) is 2.83. The minimum atomic E-state index is -1.16. The molecule has 1 amide bonds. The van der Waals surface area contributed by atoms with Crippen molar-refractivity contribution >= 4 is 11.9 Å². The zero-order chi connectivity index (χ0) is 22.2. The van der Waals surface area contributed by atoms with E-state index in [-0.39, 0.29) is 5.56 Å². The maximum atomic E-state index is 14.5. The fraction of sp³-hybridized carbons (Fsp3) is 0.680. The van der Waals surface area contributed by atoms with E-state index < -0.39 is 24.2 Å². The number of carboxylic acids is 1. The van der Waals surface area contributed by atoms with Gasteiger partial charge in [0.15, 0.2) is 0 Å². The van der Waals surface area contributed by atoms with Crippen LogP contribution in [0.3, 0.4) is 0 Å². The van der Waals surface area contributed by atoms with Crippen LogP contribution in [0.15, 0.2) is 12.1 Å². The van der Waals surface area contributed by atoms with Crippen LogP contribution in [0.5, 0.6) is 5.75 Å². The number of nitrogens with one attached hydrogen (secondary N) is 1. The lowest BCUT2D eigenvalue weighted by molar-refractivity contribution is -0.135. The lowest BCUT2D eigenvalue weighted by atomic mass is 10.0. The number of amides is 1. The van der Waals surface area contributed by atoms with Crippen LogP contribution in [0, 0.1) is 17.7 Å². The number of halogens is 1. The maximum Gasteiger partial charge on any atom is 0.322 e. The van der Waals surface area contributed by atoms with E-state index >= 15 is 0 Å². The molecule has 0 aromatic heterocycles. The topological polar surface area (TPSA) is 75.6 Å². The lowest BCUT2D eigenvalue weighted by Gasteiger charge is -2.17. The monoisotopic (exact) mass is 433 g/mol. The Morgan fingerprint density at radius 1 is 1.10 bits per heavy atom. The summed E-state index contributed by atoms with van der Waals surface area (Å²) in [5, 5.41) is 10.9. The number of hydrogen-bond donors (Lipinski definition) is 2. The van der Waals surface area contributed by atoms with E-state index in [1.165, 1.54) is 63.5 Å². The quantitative estimate of drug-likeness (QED) is 0.526. The summed E-state index contributed by atoms with van der Waals surface area (Å²) in [5.41, 5.74) is 0.745. The second kappa shape index (κ2) is 11.5. The molecule has 1 aromatic carbocycles. The van der Waals surface area contributed by atoms with E-state index in [0.717, 1.165) is 30.7 Å². The summed E-state index contributed by atoms with van der Waals surface area (Å²) < 4.78 is 20.5. The molecule has 2 N–H and O–H groups in total. The molecule has 2 atom stereocenters. The smallest absolute Gasteiger partial charge is 0.322 e. The molecule has 6 heteroatoms. The molecule has 5 nitrogen and oxygen atoms in total. The molecule has 0 saturated heterocycles. The Balaban J connectivity index is 0.000000610. The third-order valence-electron chi connectivity index (χ3n) is 6.58. The Morgan fingerprint density at radius 2 is 1.77 bits per heavy atom. The summed E-state index contributed by atoms with van der Waals surface area (Å²) >= 11 is 0. The van der Waals surface area contributed by atoms with E-state index in [2.05, 4.69) is 12.2 Å². The van der Waals surface area contributed by atoms with E-state index in [0.29, 0.717) is 24.2 Å². The fourth-order valence-corrected chi connectivity index (χ4v) is 4.29. The van der Waals surface area contributed by atoms with Crippen molar-refractivity contribution in [1.82, 2.24) is 5.32 Å². The molecular weight excluding hydrogens is 397 g/mol. The SMILES string of the molecule is C1CCC1.CCCC1CCC(COc2cc(F)c(C(=O)NCC(=O)O)cc2C2CC2)C1. The van der Waals surface area contributed by atoms with Crippen molar-refractivity contribution in [3.63, 3.8) is 0 Å². The molecule has 3 saturated carbocycles. The predicted molar refractivity (Wildman–Crippen MR) is 118 cm³/mol. The Kier molecular flexibility index (Phi) is 8.73. The molecule has 0 spiro atoms. The van der Waals surface area contributed by atoms with Crippen molar-refractivity contribution in [3.8, 4) is 5.75 Å². The van der Waals surface area contributed by atoms with E-state index in [9.17, 15) is 14.0 Å². The van der Waals surface area contributed by atoms with Gasteiger partial charge in [0.05, 0.1) is 12.2 Å². The van der Waals surface area contributed by atoms with Crippen LogP contribution >= 0.6 is 0 Å². The van der Waals surface area contributed by atoms with Crippen LogP contribution in [-0.2, 0) is 4.79 Å². The van der Waals surface area contributed by atoms with Crippen molar-refractivity contribution in [3.05, 3.63) is 29.1 Å². The summed E-state index contributed by atoms with van der Waals surface area (Å²) in [6.07, 6.45) is 14.0. The van der Waals surface area contributed by atoms with Gasteiger partial charge in [0.1, 0.15) is 18.1 Å². The van der Waals surface area contributed by atoms with Gasteiger partial charge in [-0.25, -0.2) is 4.39 Å². The highest BCUT2D eigenvalue weighted by molar-refractivity contribution is 5.96. The Morgan fingerprint density at radius 3 is 2.35 bits per heavy atom. The van der Waals surface area contributed by atoms with Crippen molar-refractivity contribution in [2.24, 2.45) is 11.8 Å². The van der Waals surface area contributed by atoms with E-state index in [1.807, 2.05) is 0 Å². The number of ether oxygens (including phenoxy) is 1. The number of hydrogen-bond acceptors (Lipinski definition) is 3. The number of carbonyl (C=O) groups excluding carboxylic acids is 1. The van der Waals surface area contributed by atoms with Crippen LogP contribution < -0.4 is 10.1 Å². The molecule has 3 aliphatic carbocycles. The van der Waals surface area contributed by atoms with E-state index in [1.54, 1.807) is 0 Å². The molecule has 2 unspecified atom stereocenters. The van der Waals surface area contributed by atoms with Gasteiger partial charge in [-0.15, -0.1) is 0 Å². The first-order valence-corrected chi connectivity index (χ1v) is 11.9. The molecule has 0 bridgehead atoms. The predicted octanol–water partition coefficient (Wildman–Crippen LogP) is 5.67. The molecular formula is C25H36FNO4. The molecule has 31 heavy (non-hydrogen) atoms. The normalized spacial score (nSPS) is 22.1. The van der Waals surface area contributed by atoms with Gasteiger partial charge in [0.25, 0.3) is 5.91 Å². The second-order valence-corrected chi connectivity index (χ2v) is 9.28. The number of benzene rings is 1. The zero-order valence-corrected chi connectivity index (χ0v) is 18.6. The highest BCUT2D eigenvalue weighted by atomic mass is 19.1. The minimum Gasteiger partial charge on any atom is -0.493 e. The molecule has 0 radical (unpaired) electrons. The van der Waals surface area contributed by atoms with Gasteiger partial charge >= 0.3 is 5.97 Å². The zero-order valence-electron chi connectivity index (χ0n) is 18.6. The summed E-state index contributed by atoms with van der Waals surface area (Å²) in [4.78, 5) is 22.7. The van der Waals surface area contributed by atoms with Gasteiger partial charge in [0, 0.05) is 6.07 Å². The second-order valence-electron chi connectivity index (χ2n) is 9.28. The number of rotatable bonds is 9. The van der Waals surface area contributed by atoms with Crippen LogP contribution in [0.4, 0.5) is 4.39 Å².